The fraction of sp³-hybridized carbons (Fsp3) is 0.250. The predicted molar refractivity (Wildman–Crippen MR) is 159 cm³/mol. The van der Waals surface area contributed by atoms with E-state index in [1.807, 2.05) is 48.5 Å². The Bertz CT molecular complexity index is 1140. The summed E-state index contributed by atoms with van der Waals surface area (Å²) >= 11 is 3.25. The molecule has 4 nitrogen and oxygen atoms in total. The molecule has 0 bridgehead atoms. The van der Waals surface area contributed by atoms with Crippen LogP contribution in [0.2, 0.25) is 0 Å². The van der Waals surface area contributed by atoms with Gasteiger partial charge in [-0.3, -0.25) is 0 Å². The molecule has 0 saturated carbocycles. The molecular formula is C32H34O4S2. The lowest BCUT2D eigenvalue weighted by Gasteiger charge is -2.13. The zero-order valence-electron chi connectivity index (χ0n) is 21.7. The van der Waals surface area contributed by atoms with Crippen LogP contribution in [0.25, 0.3) is 11.1 Å². The number of hydrogen-bond donors (Lipinski definition) is 2. The average Bonchev–Trinajstić information content (AvgIpc) is 2.95. The van der Waals surface area contributed by atoms with Gasteiger partial charge in [0, 0.05) is 21.3 Å². The molecule has 0 radical (unpaired) electrons. The zero-order chi connectivity index (χ0) is 26.7. The highest BCUT2D eigenvalue weighted by molar-refractivity contribution is 7.99. The first-order valence-corrected chi connectivity index (χ1v) is 14.6. The maximum Gasteiger partial charge on any atom is 0.119 e. The van der Waals surface area contributed by atoms with Crippen LogP contribution in [0.4, 0.5) is 0 Å². The van der Waals surface area contributed by atoms with Crippen molar-refractivity contribution in [3.63, 3.8) is 0 Å². The van der Waals surface area contributed by atoms with Gasteiger partial charge in [0.25, 0.3) is 0 Å². The van der Waals surface area contributed by atoms with Crippen LogP contribution in [-0.2, 0) is 0 Å². The van der Waals surface area contributed by atoms with Gasteiger partial charge in [0.2, 0.25) is 0 Å². The third-order valence-electron chi connectivity index (χ3n) is 5.85. The van der Waals surface area contributed by atoms with Gasteiger partial charge in [-0.25, -0.2) is 0 Å². The van der Waals surface area contributed by atoms with Gasteiger partial charge in [-0.05, 0) is 73.5 Å². The molecule has 0 fully saturated rings. The Morgan fingerprint density at radius 2 is 0.868 bits per heavy atom. The van der Waals surface area contributed by atoms with Crippen molar-refractivity contribution in [2.45, 2.75) is 35.8 Å². The number of aryl methyl sites for hydroxylation is 2. The van der Waals surface area contributed by atoms with Crippen molar-refractivity contribution in [3.8, 4) is 22.6 Å². The number of aliphatic hydroxyl groups excluding tert-OH is 2. The largest absolute Gasteiger partial charge is 0.491 e. The second-order valence-electron chi connectivity index (χ2n) is 9.23. The second-order valence-corrected chi connectivity index (χ2v) is 11.4. The molecule has 2 atom stereocenters. The third-order valence-corrected chi connectivity index (χ3v) is 8.17. The minimum Gasteiger partial charge on any atom is -0.491 e. The van der Waals surface area contributed by atoms with E-state index in [0.717, 1.165) is 32.4 Å². The molecule has 0 saturated heterocycles. The Morgan fingerprint density at radius 1 is 0.526 bits per heavy atom. The lowest BCUT2D eigenvalue weighted by molar-refractivity contribution is 0.126. The fourth-order valence-electron chi connectivity index (χ4n) is 3.62. The first kappa shape index (κ1) is 28.1. The predicted octanol–water partition coefficient (Wildman–Crippen LogP) is 7.03. The number of ether oxygens (including phenoxy) is 2. The van der Waals surface area contributed by atoms with Crippen LogP contribution >= 0.6 is 23.5 Å². The summed E-state index contributed by atoms with van der Waals surface area (Å²) in [4.78, 5) is 2.28. The summed E-state index contributed by atoms with van der Waals surface area (Å²) in [7, 11) is 0. The molecule has 0 amide bonds. The van der Waals surface area contributed by atoms with Crippen molar-refractivity contribution in [1.29, 1.82) is 0 Å². The number of thioether (sulfide) groups is 2. The third kappa shape index (κ3) is 9.14. The molecule has 0 heterocycles. The van der Waals surface area contributed by atoms with Crippen molar-refractivity contribution >= 4 is 23.5 Å². The van der Waals surface area contributed by atoms with Crippen LogP contribution in [0.5, 0.6) is 11.5 Å². The maximum absolute atomic E-state index is 10.3. The Kier molecular flexibility index (Phi) is 10.6. The summed E-state index contributed by atoms with van der Waals surface area (Å²) in [6.45, 7) is 4.63. The summed E-state index contributed by atoms with van der Waals surface area (Å²) in [6, 6.07) is 32.3. The van der Waals surface area contributed by atoms with Crippen molar-refractivity contribution in [1.82, 2.24) is 0 Å². The Balaban J connectivity index is 1.18. The molecule has 0 aliphatic heterocycles. The molecule has 4 rings (SSSR count). The second kappa shape index (κ2) is 14.3. The first-order chi connectivity index (χ1) is 18.4. The number of rotatable bonds is 13. The zero-order valence-corrected chi connectivity index (χ0v) is 23.4. The molecule has 0 aromatic heterocycles. The minimum atomic E-state index is -0.548. The molecule has 198 valence electrons. The highest BCUT2D eigenvalue weighted by atomic mass is 32.2. The van der Waals surface area contributed by atoms with Gasteiger partial charge in [0.05, 0.1) is 12.2 Å². The monoisotopic (exact) mass is 546 g/mol. The van der Waals surface area contributed by atoms with E-state index in [2.05, 4.69) is 62.4 Å². The summed E-state index contributed by atoms with van der Waals surface area (Å²) in [5.74, 6) is 2.62. The topological polar surface area (TPSA) is 58.9 Å². The molecule has 0 aliphatic rings. The molecule has 4 aromatic rings. The van der Waals surface area contributed by atoms with Crippen LogP contribution in [-0.4, -0.2) is 47.1 Å². The van der Waals surface area contributed by atoms with Crippen LogP contribution in [0.1, 0.15) is 11.1 Å². The number of hydrogen-bond acceptors (Lipinski definition) is 6. The Hall–Kier alpha value is -2.90. The smallest absolute Gasteiger partial charge is 0.119 e. The van der Waals surface area contributed by atoms with E-state index in [1.165, 1.54) is 11.1 Å². The fourth-order valence-corrected chi connectivity index (χ4v) is 5.24. The molecule has 2 N–H and O–H groups in total. The van der Waals surface area contributed by atoms with Crippen molar-refractivity contribution < 1.29 is 19.7 Å². The van der Waals surface area contributed by atoms with Gasteiger partial charge < -0.3 is 19.7 Å². The van der Waals surface area contributed by atoms with E-state index >= 15 is 0 Å². The average molecular weight is 547 g/mol. The lowest BCUT2D eigenvalue weighted by atomic mass is 10.1. The van der Waals surface area contributed by atoms with Crippen molar-refractivity contribution in [3.05, 3.63) is 108 Å². The van der Waals surface area contributed by atoms with Gasteiger partial charge in [-0.2, -0.15) is 0 Å². The van der Waals surface area contributed by atoms with E-state index in [4.69, 9.17) is 9.47 Å². The van der Waals surface area contributed by atoms with E-state index in [-0.39, 0.29) is 13.2 Å². The highest BCUT2D eigenvalue weighted by Gasteiger charge is 2.09. The van der Waals surface area contributed by atoms with E-state index in [0.29, 0.717) is 11.5 Å². The SMILES string of the molecule is Cc1ccc(SCC(O)COc2ccc(-c3ccc(OCC(O)CSc4ccc(C)cc4)cc3)cc2)cc1. The summed E-state index contributed by atoms with van der Waals surface area (Å²) in [6.07, 6.45) is -1.10. The normalized spacial score (nSPS) is 12.6. The Labute approximate surface area is 234 Å². The molecule has 38 heavy (non-hydrogen) atoms. The van der Waals surface area contributed by atoms with Crippen LogP contribution < -0.4 is 9.47 Å². The lowest BCUT2D eigenvalue weighted by Crippen LogP contribution is -2.20. The minimum absolute atomic E-state index is 0.250. The standard InChI is InChI=1S/C32H34O4S2/c1-23-3-15-31(16-4-23)37-21-27(33)19-35-29-11-7-25(8-12-29)26-9-13-30(14-10-26)36-20-28(34)22-38-32-17-5-24(2)6-18-32/h3-18,27-28,33-34H,19-22H2,1-2H3. The van der Waals surface area contributed by atoms with E-state index in [1.54, 1.807) is 23.5 Å². The van der Waals surface area contributed by atoms with Gasteiger partial charge in [0.15, 0.2) is 0 Å². The van der Waals surface area contributed by atoms with Gasteiger partial charge in [-0.1, -0.05) is 59.7 Å². The van der Waals surface area contributed by atoms with Gasteiger partial charge in [-0.15, -0.1) is 23.5 Å². The number of benzene rings is 4. The van der Waals surface area contributed by atoms with Gasteiger partial charge in [0.1, 0.15) is 24.7 Å². The first-order valence-electron chi connectivity index (χ1n) is 12.7. The molecule has 0 aliphatic carbocycles. The summed E-state index contributed by atoms with van der Waals surface area (Å²) in [5, 5.41) is 20.6. The molecule has 2 unspecified atom stereocenters. The summed E-state index contributed by atoms with van der Waals surface area (Å²) < 4.78 is 11.6. The molecular weight excluding hydrogens is 512 g/mol. The highest BCUT2D eigenvalue weighted by Crippen LogP contribution is 2.26. The molecule has 6 heteroatoms. The molecule has 4 aromatic carbocycles. The van der Waals surface area contributed by atoms with E-state index in [9.17, 15) is 10.2 Å². The van der Waals surface area contributed by atoms with Crippen LogP contribution in [0.15, 0.2) is 107 Å². The van der Waals surface area contributed by atoms with Crippen molar-refractivity contribution in [2.24, 2.45) is 0 Å². The van der Waals surface area contributed by atoms with E-state index < -0.39 is 12.2 Å². The maximum atomic E-state index is 10.3. The quantitative estimate of drug-likeness (QED) is 0.176. The van der Waals surface area contributed by atoms with Gasteiger partial charge >= 0.3 is 0 Å². The van der Waals surface area contributed by atoms with Crippen LogP contribution in [0.3, 0.4) is 0 Å². The van der Waals surface area contributed by atoms with Crippen molar-refractivity contribution in [2.75, 3.05) is 24.7 Å². The summed E-state index contributed by atoms with van der Waals surface area (Å²) in [5.41, 5.74) is 4.58. The Morgan fingerprint density at radius 3 is 1.21 bits per heavy atom. The molecule has 0 spiro atoms. The van der Waals surface area contributed by atoms with Crippen LogP contribution in [0, 0.1) is 13.8 Å². The number of aliphatic hydroxyl groups is 2.